The third-order valence-electron chi connectivity index (χ3n) is 2.74. The fraction of sp³-hybridized carbons (Fsp3) is 0.0714. The molecule has 0 aromatic carbocycles. The molecule has 4 nitrogen and oxygen atoms in total. The third kappa shape index (κ3) is 2.13. The predicted octanol–water partition coefficient (Wildman–Crippen LogP) is 3.08. The number of rotatable bonds is 2. The Balaban J connectivity index is 2.62. The van der Waals surface area contributed by atoms with Gasteiger partial charge in [0.05, 0.1) is 16.3 Å². The molecule has 0 atom stereocenters. The van der Waals surface area contributed by atoms with Crippen molar-refractivity contribution in [3.63, 3.8) is 0 Å². The standard InChI is InChI=1S/C14H8N4S/c1-18-12(11(9-17)10(7-15)8-16)4-5-13(18)14-3-2-6-19-14/h2-6H,1H3. The van der Waals surface area contributed by atoms with Crippen LogP contribution in [0.2, 0.25) is 0 Å². The number of hydrogen-bond acceptors (Lipinski definition) is 4. The van der Waals surface area contributed by atoms with Crippen LogP contribution >= 0.6 is 11.3 Å². The van der Waals surface area contributed by atoms with Gasteiger partial charge in [-0.05, 0) is 23.6 Å². The van der Waals surface area contributed by atoms with E-state index in [1.54, 1.807) is 29.5 Å². The summed E-state index contributed by atoms with van der Waals surface area (Å²) in [4.78, 5) is 1.07. The Hall–Kier alpha value is -2.81. The highest BCUT2D eigenvalue weighted by molar-refractivity contribution is 7.13. The van der Waals surface area contributed by atoms with E-state index in [9.17, 15) is 0 Å². The molecule has 0 bridgehead atoms. The first-order valence-corrected chi connectivity index (χ1v) is 6.25. The van der Waals surface area contributed by atoms with E-state index in [4.69, 9.17) is 15.8 Å². The first-order valence-electron chi connectivity index (χ1n) is 5.37. The van der Waals surface area contributed by atoms with E-state index in [1.807, 2.05) is 41.3 Å². The molecule has 0 radical (unpaired) electrons. The lowest BCUT2D eigenvalue weighted by atomic mass is 10.1. The fourth-order valence-electron chi connectivity index (χ4n) is 1.81. The van der Waals surface area contributed by atoms with E-state index >= 15 is 0 Å². The first-order chi connectivity index (χ1) is 9.22. The van der Waals surface area contributed by atoms with E-state index in [0.717, 1.165) is 10.6 Å². The van der Waals surface area contributed by atoms with Gasteiger partial charge in [-0.1, -0.05) is 6.07 Å². The van der Waals surface area contributed by atoms with Crippen molar-refractivity contribution in [2.45, 2.75) is 0 Å². The maximum Gasteiger partial charge on any atom is 0.149 e. The zero-order chi connectivity index (χ0) is 13.8. The van der Waals surface area contributed by atoms with Gasteiger partial charge in [-0.15, -0.1) is 11.3 Å². The lowest BCUT2D eigenvalue weighted by Gasteiger charge is -2.05. The quantitative estimate of drug-likeness (QED) is 0.782. The van der Waals surface area contributed by atoms with Crippen molar-refractivity contribution in [2.75, 3.05) is 0 Å². The monoisotopic (exact) mass is 264 g/mol. The average Bonchev–Trinajstić information content (AvgIpc) is 3.05. The summed E-state index contributed by atoms with van der Waals surface area (Å²) in [6, 6.07) is 13.0. The van der Waals surface area contributed by atoms with Gasteiger partial charge in [-0.2, -0.15) is 15.8 Å². The van der Waals surface area contributed by atoms with Crippen LogP contribution in [-0.2, 0) is 7.05 Å². The van der Waals surface area contributed by atoms with Gasteiger partial charge in [0.2, 0.25) is 0 Å². The van der Waals surface area contributed by atoms with Crippen molar-refractivity contribution >= 4 is 16.9 Å². The second-order valence-corrected chi connectivity index (χ2v) is 4.67. The second kappa shape index (κ2) is 5.23. The van der Waals surface area contributed by atoms with Gasteiger partial charge in [0.1, 0.15) is 29.4 Å². The van der Waals surface area contributed by atoms with Crippen LogP contribution in [0.3, 0.4) is 0 Å². The number of aromatic nitrogens is 1. The zero-order valence-corrected chi connectivity index (χ0v) is 10.9. The molecule has 0 N–H and O–H groups in total. The van der Waals surface area contributed by atoms with E-state index in [2.05, 4.69) is 0 Å². The Morgan fingerprint density at radius 2 is 1.84 bits per heavy atom. The van der Waals surface area contributed by atoms with Crippen LogP contribution in [0.25, 0.3) is 16.1 Å². The minimum absolute atomic E-state index is 0.107. The Bertz CT molecular complexity index is 742. The molecule has 19 heavy (non-hydrogen) atoms. The van der Waals surface area contributed by atoms with Crippen LogP contribution < -0.4 is 0 Å². The third-order valence-corrected chi connectivity index (χ3v) is 3.63. The normalized spacial score (nSPS) is 9.16. The van der Waals surface area contributed by atoms with Crippen LogP contribution in [0.4, 0.5) is 0 Å². The highest BCUT2D eigenvalue weighted by Gasteiger charge is 2.15. The number of thiophene rings is 1. The number of allylic oxidation sites excluding steroid dienone is 2. The van der Waals surface area contributed by atoms with Gasteiger partial charge in [0.15, 0.2) is 0 Å². The summed E-state index contributed by atoms with van der Waals surface area (Å²) in [5, 5.41) is 28.9. The molecular weight excluding hydrogens is 256 g/mol. The first kappa shape index (κ1) is 12.6. The van der Waals surface area contributed by atoms with Crippen molar-refractivity contribution < 1.29 is 0 Å². The molecule has 2 aromatic heterocycles. The van der Waals surface area contributed by atoms with Crippen molar-refractivity contribution in [3.8, 4) is 28.8 Å². The molecule has 0 spiro atoms. The van der Waals surface area contributed by atoms with Gasteiger partial charge in [-0.3, -0.25) is 0 Å². The second-order valence-electron chi connectivity index (χ2n) is 3.73. The smallest absolute Gasteiger partial charge is 0.149 e. The molecule has 90 valence electrons. The van der Waals surface area contributed by atoms with Crippen molar-refractivity contribution in [3.05, 3.63) is 40.9 Å². The molecule has 5 heteroatoms. The maximum atomic E-state index is 9.16. The molecule has 2 heterocycles. The minimum atomic E-state index is -0.165. The van der Waals surface area contributed by atoms with Gasteiger partial charge < -0.3 is 4.57 Å². The minimum Gasteiger partial charge on any atom is -0.342 e. The lowest BCUT2D eigenvalue weighted by molar-refractivity contribution is 0.922. The molecule has 0 amide bonds. The molecular formula is C14H8N4S. The van der Waals surface area contributed by atoms with Gasteiger partial charge in [0.25, 0.3) is 0 Å². The maximum absolute atomic E-state index is 9.16. The van der Waals surface area contributed by atoms with Crippen LogP contribution in [-0.4, -0.2) is 4.57 Å². The summed E-state index contributed by atoms with van der Waals surface area (Å²) in [6.45, 7) is 0. The summed E-state index contributed by atoms with van der Waals surface area (Å²) in [6.07, 6.45) is 0. The molecule has 2 rings (SSSR count). The van der Waals surface area contributed by atoms with Crippen LogP contribution in [0.1, 0.15) is 5.69 Å². The molecule has 0 saturated heterocycles. The molecule has 0 unspecified atom stereocenters. The van der Waals surface area contributed by atoms with Gasteiger partial charge >= 0.3 is 0 Å². The molecule has 0 aliphatic heterocycles. The summed E-state index contributed by atoms with van der Waals surface area (Å²) in [5.41, 5.74) is 1.47. The molecule has 0 aliphatic carbocycles. The highest BCUT2D eigenvalue weighted by Crippen LogP contribution is 2.29. The fourth-order valence-corrected chi connectivity index (χ4v) is 2.60. The lowest BCUT2D eigenvalue weighted by Crippen LogP contribution is -1.98. The van der Waals surface area contributed by atoms with Crippen LogP contribution in [0.5, 0.6) is 0 Å². The molecule has 0 fully saturated rings. The van der Waals surface area contributed by atoms with E-state index in [0.29, 0.717) is 5.69 Å². The topological polar surface area (TPSA) is 76.3 Å². The Labute approximate surface area is 114 Å². The predicted molar refractivity (Wildman–Crippen MR) is 72.5 cm³/mol. The van der Waals surface area contributed by atoms with Crippen molar-refractivity contribution in [1.29, 1.82) is 15.8 Å². The van der Waals surface area contributed by atoms with E-state index in [1.165, 1.54) is 0 Å². The SMILES string of the molecule is Cn1c(C(C#N)=C(C#N)C#N)ccc1-c1cccs1. The summed E-state index contributed by atoms with van der Waals surface area (Å²) in [7, 11) is 1.81. The van der Waals surface area contributed by atoms with E-state index < -0.39 is 0 Å². The van der Waals surface area contributed by atoms with Crippen LogP contribution in [0.15, 0.2) is 35.2 Å². The molecule has 0 aliphatic rings. The summed E-state index contributed by atoms with van der Waals surface area (Å²) in [5.74, 6) is 0. The largest absolute Gasteiger partial charge is 0.342 e. The Kier molecular flexibility index (Phi) is 3.48. The summed E-state index contributed by atoms with van der Waals surface area (Å²) >= 11 is 1.59. The summed E-state index contributed by atoms with van der Waals surface area (Å²) < 4.78 is 1.82. The average molecular weight is 264 g/mol. The Morgan fingerprint density at radius 3 is 2.37 bits per heavy atom. The zero-order valence-electron chi connectivity index (χ0n) is 10.1. The van der Waals surface area contributed by atoms with E-state index in [-0.39, 0.29) is 11.1 Å². The van der Waals surface area contributed by atoms with Crippen molar-refractivity contribution in [2.24, 2.45) is 7.05 Å². The Morgan fingerprint density at radius 1 is 1.11 bits per heavy atom. The number of nitriles is 3. The molecule has 2 aromatic rings. The number of hydrogen-bond donors (Lipinski definition) is 0. The van der Waals surface area contributed by atoms with Crippen molar-refractivity contribution in [1.82, 2.24) is 4.57 Å². The highest BCUT2D eigenvalue weighted by atomic mass is 32.1. The molecule has 0 saturated carbocycles. The van der Waals surface area contributed by atoms with Crippen LogP contribution in [0, 0.1) is 34.0 Å². The van der Waals surface area contributed by atoms with Gasteiger partial charge in [0, 0.05) is 7.05 Å². The number of nitrogens with zero attached hydrogens (tertiary/aromatic N) is 4. The van der Waals surface area contributed by atoms with Gasteiger partial charge in [-0.25, -0.2) is 0 Å².